The molecule has 1 fully saturated rings. The van der Waals surface area contributed by atoms with E-state index in [0.717, 1.165) is 19.3 Å². The van der Waals surface area contributed by atoms with Crippen molar-refractivity contribution in [2.24, 2.45) is 0 Å². The van der Waals surface area contributed by atoms with Crippen molar-refractivity contribution in [3.8, 4) is 0 Å². The number of amides is 1. The minimum absolute atomic E-state index is 0.111. The molecule has 2 heterocycles. The Kier molecular flexibility index (Phi) is 5.11. The number of alkyl halides is 2. The fourth-order valence-electron chi connectivity index (χ4n) is 2.79. The molecule has 4 nitrogen and oxygen atoms in total. The molecule has 112 valence electrons. The van der Waals surface area contributed by atoms with Crippen LogP contribution in [0.15, 0.2) is 18.3 Å². The second-order valence-electron chi connectivity index (χ2n) is 5.10. The zero-order chi connectivity index (χ0) is 14.5. The number of hydrogen-bond donors (Lipinski definition) is 1. The number of carbonyl (C=O) groups is 1. The number of likely N-dealkylation sites (tertiary alicyclic amines) is 1. The van der Waals surface area contributed by atoms with Gasteiger partial charge < -0.3 is 14.6 Å². The lowest BCUT2D eigenvalue weighted by atomic mass is 10.1. The van der Waals surface area contributed by atoms with Crippen LogP contribution < -0.4 is 0 Å². The molecule has 1 saturated heterocycles. The molecule has 0 aliphatic carbocycles. The van der Waals surface area contributed by atoms with Gasteiger partial charge in [-0.25, -0.2) is 8.78 Å². The van der Waals surface area contributed by atoms with E-state index in [9.17, 15) is 13.6 Å². The topological polar surface area (TPSA) is 45.5 Å². The maximum atomic E-state index is 12.5. The van der Waals surface area contributed by atoms with Crippen LogP contribution in [-0.4, -0.2) is 46.1 Å². The van der Waals surface area contributed by atoms with Crippen molar-refractivity contribution in [1.29, 1.82) is 0 Å². The highest BCUT2D eigenvalue weighted by Gasteiger charge is 2.30. The Morgan fingerprint density at radius 2 is 2.30 bits per heavy atom. The van der Waals surface area contributed by atoms with Crippen molar-refractivity contribution >= 4 is 5.91 Å². The molecule has 1 aromatic heterocycles. The molecule has 0 saturated carbocycles. The van der Waals surface area contributed by atoms with Crippen molar-refractivity contribution in [3.63, 3.8) is 0 Å². The maximum Gasteiger partial charge on any atom is 0.270 e. The number of hydrogen-bond acceptors (Lipinski definition) is 2. The highest BCUT2D eigenvalue weighted by atomic mass is 19.3. The standard InChI is InChI=1S/C14H20F2N2O2/c15-13(16)10-17-7-2-6-12(17)14(20)18-8-1-4-11(18)5-3-9-19/h2,6-7,11,13,19H,1,3-5,8-10H2. The Morgan fingerprint density at radius 1 is 1.50 bits per heavy atom. The van der Waals surface area contributed by atoms with Crippen molar-refractivity contribution in [2.75, 3.05) is 13.2 Å². The van der Waals surface area contributed by atoms with E-state index < -0.39 is 13.0 Å². The summed E-state index contributed by atoms with van der Waals surface area (Å²) in [6.45, 7) is 0.318. The lowest BCUT2D eigenvalue weighted by Crippen LogP contribution is -2.37. The molecule has 6 heteroatoms. The normalized spacial score (nSPS) is 19.0. The largest absolute Gasteiger partial charge is 0.396 e. The third-order valence-electron chi connectivity index (χ3n) is 3.72. The molecular weight excluding hydrogens is 266 g/mol. The molecular formula is C14H20F2N2O2. The summed E-state index contributed by atoms with van der Waals surface area (Å²) in [5.74, 6) is -0.184. The molecule has 0 bridgehead atoms. The molecule has 0 spiro atoms. The summed E-state index contributed by atoms with van der Waals surface area (Å²) >= 11 is 0. The monoisotopic (exact) mass is 286 g/mol. The van der Waals surface area contributed by atoms with Crippen LogP contribution in [0, 0.1) is 0 Å². The van der Waals surface area contributed by atoms with Gasteiger partial charge in [-0.2, -0.15) is 0 Å². The van der Waals surface area contributed by atoms with Crippen LogP contribution in [0.1, 0.15) is 36.2 Å². The lowest BCUT2D eigenvalue weighted by Gasteiger charge is -2.25. The van der Waals surface area contributed by atoms with Crippen LogP contribution >= 0.6 is 0 Å². The third-order valence-corrected chi connectivity index (χ3v) is 3.72. The molecule has 0 radical (unpaired) electrons. The molecule has 1 atom stereocenters. The van der Waals surface area contributed by atoms with E-state index in [2.05, 4.69) is 0 Å². The van der Waals surface area contributed by atoms with E-state index in [1.165, 1.54) is 10.8 Å². The minimum Gasteiger partial charge on any atom is -0.396 e. The quantitative estimate of drug-likeness (QED) is 0.870. The number of nitrogens with zero attached hydrogens (tertiary/aromatic N) is 2. The number of carbonyl (C=O) groups excluding carboxylic acids is 1. The van der Waals surface area contributed by atoms with E-state index >= 15 is 0 Å². The second kappa shape index (κ2) is 6.83. The van der Waals surface area contributed by atoms with Crippen LogP contribution in [0.2, 0.25) is 0 Å². The molecule has 20 heavy (non-hydrogen) atoms. The van der Waals surface area contributed by atoms with Gasteiger partial charge in [-0.15, -0.1) is 0 Å². The van der Waals surface area contributed by atoms with Crippen molar-refractivity contribution in [3.05, 3.63) is 24.0 Å². The van der Waals surface area contributed by atoms with Gasteiger partial charge in [-0.05, 0) is 37.8 Å². The first-order chi connectivity index (χ1) is 9.63. The van der Waals surface area contributed by atoms with E-state index in [0.29, 0.717) is 18.7 Å². The molecule has 1 amide bonds. The Labute approximate surface area is 117 Å². The van der Waals surface area contributed by atoms with Crippen molar-refractivity contribution < 1.29 is 18.7 Å². The fourth-order valence-corrected chi connectivity index (χ4v) is 2.79. The van der Waals surface area contributed by atoms with E-state index in [-0.39, 0.29) is 18.6 Å². The van der Waals surface area contributed by atoms with E-state index in [1.807, 2.05) is 0 Å². The first-order valence-electron chi connectivity index (χ1n) is 6.98. The second-order valence-corrected chi connectivity index (χ2v) is 5.10. The SMILES string of the molecule is O=C(c1cccn1CC(F)F)N1CCCC1CCCO. The van der Waals surface area contributed by atoms with Gasteiger partial charge in [0.25, 0.3) is 12.3 Å². The first-order valence-corrected chi connectivity index (χ1v) is 6.98. The van der Waals surface area contributed by atoms with Crippen LogP contribution in [0.25, 0.3) is 0 Å². The van der Waals surface area contributed by atoms with E-state index in [4.69, 9.17) is 5.11 Å². The Bertz CT molecular complexity index is 448. The molecule has 1 aromatic rings. The Morgan fingerprint density at radius 3 is 3.00 bits per heavy atom. The van der Waals surface area contributed by atoms with Crippen LogP contribution in [0.4, 0.5) is 8.78 Å². The van der Waals surface area contributed by atoms with Gasteiger partial charge in [0.2, 0.25) is 0 Å². The smallest absolute Gasteiger partial charge is 0.270 e. The van der Waals surface area contributed by atoms with Crippen molar-refractivity contribution in [1.82, 2.24) is 9.47 Å². The van der Waals surface area contributed by atoms with Crippen LogP contribution in [0.5, 0.6) is 0 Å². The average molecular weight is 286 g/mol. The first kappa shape index (κ1) is 15.0. The zero-order valence-corrected chi connectivity index (χ0v) is 11.3. The Balaban J connectivity index is 2.08. The van der Waals surface area contributed by atoms with Gasteiger partial charge in [0.1, 0.15) is 5.69 Å². The third kappa shape index (κ3) is 3.36. The van der Waals surface area contributed by atoms with Crippen LogP contribution in [-0.2, 0) is 6.54 Å². The van der Waals surface area contributed by atoms with Gasteiger partial charge >= 0.3 is 0 Å². The van der Waals surface area contributed by atoms with Crippen LogP contribution in [0.3, 0.4) is 0 Å². The van der Waals surface area contributed by atoms with Gasteiger partial charge in [0.05, 0.1) is 6.54 Å². The zero-order valence-electron chi connectivity index (χ0n) is 11.3. The summed E-state index contributed by atoms with van der Waals surface area (Å²) in [6, 6.07) is 3.32. The van der Waals surface area contributed by atoms with Gasteiger partial charge in [0, 0.05) is 25.4 Å². The summed E-state index contributed by atoms with van der Waals surface area (Å²) in [5, 5.41) is 8.89. The van der Waals surface area contributed by atoms with Gasteiger partial charge in [-0.1, -0.05) is 0 Å². The molecule has 1 N–H and O–H groups in total. The number of aliphatic hydroxyl groups excluding tert-OH is 1. The summed E-state index contributed by atoms with van der Waals surface area (Å²) in [6.07, 6.45) is 2.30. The number of halogens is 2. The number of aromatic nitrogens is 1. The summed E-state index contributed by atoms with van der Waals surface area (Å²) in [4.78, 5) is 14.2. The molecule has 1 aliphatic heterocycles. The van der Waals surface area contributed by atoms with E-state index in [1.54, 1.807) is 17.0 Å². The maximum absolute atomic E-state index is 12.5. The summed E-state index contributed by atoms with van der Waals surface area (Å²) in [5.41, 5.74) is 0.321. The Hall–Kier alpha value is -1.43. The predicted octanol–water partition coefficient (Wildman–Crippen LogP) is 2.13. The molecule has 0 aromatic carbocycles. The number of rotatable bonds is 6. The lowest BCUT2D eigenvalue weighted by molar-refractivity contribution is 0.0704. The molecule has 2 rings (SSSR count). The highest BCUT2D eigenvalue weighted by molar-refractivity contribution is 5.93. The predicted molar refractivity (Wildman–Crippen MR) is 70.8 cm³/mol. The summed E-state index contributed by atoms with van der Waals surface area (Å²) in [7, 11) is 0. The average Bonchev–Trinajstić information content (AvgIpc) is 3.03. The molecule has 1 unspecified atom stereocenters. The van der Waals surface area contributed by atoms with Crippen molar-refractivity contribution in [2.45, 2.75) is 44.7 Å². The fraction of sp³-hybridized carbons (Fsp3) is 0.643. The van der Waals surface area contributed by atoms with Gasteiger partial charge in [0.15, 0.2) is 0 Å². The number of aliphatic hydroxyl groups is 1. The highest BCUT2D eigenvalue weighted by Crippen LogP contribution is 2.24. The van der Waals surface area contributed by atoms with Gasteiger partial charge in [-0.3, -0.25) is 4.79 Å². The minimum atomic E-state index is -2.47. The summed E-state index contributed by atoms with van der Waals surface area (Å²) < 4.78 is 26.3. The molecule has 1 aliphatic rings.